The van der Waals surface area contributed by atoms with Crippen molar-refractivity contribution in [3.8, 4) is 0 Å². The van der Waals surface area contributed by atoms with Gasteiger partial charge in [0.2, 0.25) is 0 Å². The van der Waals surface area contributed by atoms with Gasteiger partial charge in [-0.3, -0.25) is 4.21 Å². The van der Waals surface area contributed by atoms with Crippen LogP contribution in [0, 0.1) is 0 Å². The summed E-state index contributed by atoms with van der Waals surface area (Å²) in [6.45, 7) is 0. The monoisotopic (exact) mass is 234 g/mol. The number of benzene rings is 1. The predicted molar refractivity (Wildman–Crippen MR) is 70.5 cm³/mol. The topological polar surface area (TPSA) is 17.1 Å². The SMILES string of the molecule is O=[S@](C=Cc1ccccc1)C1CCCCC1. The maximum absolute atomic E-state index is 12.0. The van der Waals surface area contributed by atoms with Crippen molar-refractivity contribution in [3.63, 3.8) is 0 Å². The van der Waals surface area contributed by atoms with Gasteiger partial charge in [-0.15, -0.1) is 0 Å². The summed E-state index contributed by atoms with van der Waals surface area (Å²) in [5.74, 6) is 0. The summed E-state index contributed by atoms with van der Waals surface area (Å²) in [4.78, 5) is 0. The van der Waals surface area contributed by atoms with E-state index in [4.69, 9.17) is 0 Å². The lowest BCUT2D eigenvalue weighted by atomic mass is 10.0. The van der Waals surface area contributed by atoms with E-state index in [-0.39, 0.29) is 0 Å². The molecule has 0 bridgehead atoms. The number of hydrogen-bond donors (Lipinski definition) is 0. The van der Waals surface area contributed by atoms with Gasteiger partial charge in [0.05, 0.1) is 0 Å². The van der Waals surface area contributed by atoms with E-state index in [0.29, 0.717) is 5.25 Å². The molecule has 0 heterocycles. The van der Waals surface area contributed by atoms with Crippen LogP contribution >= 0.6 is 0 Å². The molecule has 0 aromatic heterocycles. The van der Waals surface area contributed by atoms with E-state index < -0.39 is 10.8 Å². The molecule has 0 N–H and O–H groups in total. The summed E-state index contributed by atoms with van der Waals surface area (Å²) in [6.07, 6.45) is 8.05. The highest BCUT2D eigenvalue weighted by atomic mass is 32.2. The average molecular weight is 234 g/mol. The van der Waals surface area contributed by atoms with Crippen molar-refractivity contribution in [1.29, 1.82) is 0 Å². The largest absolute Gasteiger partial charge is 0.255 e. The van der Waals surface area contributed by atoms with Gasteiger partial charge in [0.1, 0.15) is 0 Å². The normalized spacial score (nSPS) is 20.0. The molecule has 2 rings (SSSR count). The molecule has 1 atom stereocenters. The molecular weight excluding hydrogens is 216 g/mol. The van der Waals surface area contributed by atoms with Crippen LogP contribution in [-0.2, 0) is 10.8 Å². The van der Waals surface area contributed by atoms with Gasteiger partial charge in [-0.2, -0.15) is 0 Å². The van der Waals surface area contributed by atoms with Crippen LogP contribution in [0.4, 0.5) is 0 Å². The molecule has 1 aromatic carbocycles. The van der Waals surface area contributed by atoms with Gasteiger partial charge in [-0.1, -0.05) is 49.6 Å². The third-order valence-corrected chi connectivity index (χ3v) is 4.61. The fourth-order valence-corrected chi connectivity index (χ4v) is 3.43. The fraction of sp³-hybridized carbons (Fsp3) is 0.429. The minimum absolute atomic E-state index is 0.397. The standard InChI is InChI=1S/C14H18OS/c15-16(14-9-5-2-6-10-14)12-11-13-7-3-1-4-8-13/h1,3-4,7-8,11-12,14H,2,5-6,9-10H2/t16-/m1/s1. The van der Waals surface area contributed by atoms with Crippen molar-refractivity contribution in [2.75, 3.05) is 0 Å². The molecule has 16 heavy (non-hydrogen) atoms. The van der Waals surface area contributed by atoms with Crippen LogP contribution in [0.3, 0.4) is 0 Å². The molecular formula is C14H18OS. The Kier molecular flexibility index (Phi) is 4.34. The lowest BCUT2D eigenvalue weighted by molar-refractivity contribution is 0.506. The summed E-state index contributed by atoms with van der Waals surface area (Å²) >= 11 is 0. The Morgan fingerprint density at radius 3 is 2.44 bits per heavy atom. The van der Waals surface area contributed by atoms with Crippen LogP contribution in [0.1, 0.15) is 37.7 Å². The van der Waals surface area contributed by atoms with Crippen LogP contribution in [0.15, 0.2) is 35.7 Å². The Morgan fingerprint density at radius 1 is 1.06 bits per heavy atom. The lowest BCUT2D eigenvalue weighted by Gasteiger charge is -2.18. The van der Waals surface area contributed by atoms with Crippen LogP contribution in [-0.4, -0.2) is 9.46 Å². The second-order valence-corrected chi connectivity index (χ2v) is 5.90. The molecule has 1 fully saturated rings. The van der Waals surface area contributed by atoms with Crippen molar-refractivity contribution < 1.29 is 4.21 Å². The molecule has 0 spiro atoms. The van der Waals surface area contributed by atoms with E-state index in [0.717, 1.165) is 18.4 Å². The second-order valence-electron chi connectivity index (χ2n) is 4.30. The Labute approximate surface area is 100 Å². The third kappa shape index (κ3) is 3.31. The van der Waals surface area contributed by atoms with Crippen molar-refractivity contribution in [1.82, 2.24) is 0 Å². The first-order valence-corrected chi connectivity index (χ1v) is 7.26. The molecule has 0 radical (unpaired) electrons. The fourth-order valence-electron chi connectivity index (χ4n) is 2.12. The summed E-state index contributed by atoms with van der Waals surface area (Å²) in [7, 11) is -0.788. The molecule has 2 heteroatoms. The highest BCUT2D eigenvalue weighted by Gasteiger charge is 2.17. The minimum atomic E-state index is -0.788. The van der Waals surface area contributed by atoms with Crippen LogP contribution < -0.4 is 0 Å². The zero-order chi connectivity index (χ0) is 11.2. The maximum Gasteiger partial charge on any atom is 0.0487 e. The summed E-state index contributed by atoms with van der Waals surface area (Å²) in [5, 5.41) is 2.26. The molecule has 1 saturated carbocycles. The molecule has 1 nitrogen and oxygen atoms in total. The highest BCUT2D eigenvalue weighted by molar-refractivity contribution is 7.88. The lowest BCUT2D eigenvalue weighted by Crippen LogP contribution is -2.16. The molecule has 0 aliphatic heterocycles. The molecule has 1 aliphatic rings. The second kappa shape index (κ2) is 6.00. The van der Waals surface area contributed by atoms with Crippen LogP contribution in [0.25, 0.3) is 6.08 Å². The van der Waals surface area contributed by atoms with Gasteiger partial charge < -0.3 is 0 Å². The first-order valence-electron chi connectivity index (χ1n) is 5.99. The molecule has 0 saturated heterocycles. The maximum atomic E-state index is 12.0. The van der Waals surface area contributed by atoms with Crippen molar-refractivity contribution in [3.05, 3.63) is 41.3 Å². The minimum Gasteiger partial charge on any atom is -0.255 e. The zero-order valence-corrected chi connectivity index (χ0v) is 10.3. The quantitative estimate of drug-likeness (QED) is 0.778. The van der Waals surface area contributed by atoms with Crippen molar-refractivity contribution in [2.45, 2.75) is 37.4 Å². The van der Waals surface area contributed by atoms with Gasteiger partial charge in [-0.25, -0.2) is 0 Å². The van der Waals surface area contributed by atoms with E-state index in [2.05, 4.69) is 0 Å². The van der Waals surface area contributed by atoms with E-state index in [1.54, 1.807) is 0 Å². The summed E-state index contributed by atoms with van der Waals surface area (Å²) < 4.78 is 12.0. The Balaban J connectivity index is 1.93. The Hall–Kier alpha value is -0.890. The van der Waals surface area contributed by atoms with E-state index >= 15 is 0 Å². The smallest absolute Gasteiger partial charge is 0.0487 e. The van der Waals surface area contributed by atoms with E-state index in [1.165, 1.54) is 19.3 Å². The molecule has 0 unspecified atom stereocenters. The van der Waals surface area contributed by atoms with Gasteiger partial charge in [0.15, 0.2) is 0 Å². The van der Waals surface area contributed by atoms with Gasteiger partial charge in [-0.05, 0) is 24.5 Å². The number of rotatable bonds is 3. The van der Waals surface area contributed by atoms with Crippen molar-refractivity contribution >= 4 is 16.9 Å². The number of hydrogen-bond acceptors (Lipinski definition) is 1. The highest BCUT2D eigenvalue weighted by Crippen LogP contribution is 2.22. The van der Waals surface area contributed by atoms with Crippen LogP contribution in [0.2, 0.25) is 0 Å². The summed E-state index contributed by atoms with van der Waals surface area (Å²) in [6, 6.07) is 10.1. The Morgan fingerprint density at radius 2 is 1.75 bits per heavy atom. The summed E-state index contributed by atoms with van der Waals surface area (Å²) in [5.41, 5.74) is 1.13. The Bertz CT molecular complexity index is 364. The van der Waals surface area contributed by atoms with Gasteiger partial charge in [0, 0.05) is 21.5 Å². The molecule has 1 aliphatic carbocycles. The van der Waals surface area contributed by atoms with E-state index in [9.17, 15) is 4.21 Å². The van der Waals surface area contributed by atoms with Gasteiger partial charge in [0.25, 0.3) is 0 Å². The third-order valence-electron chi connectivity index (χ3n) is 3.07. The van der Waals surface area contributed by atoms with E-state index in [1.807, 2.05) is 41.8 Å². The van der Waals surface area contributed by atoms with Gasteiger partial charge >= 0.3 is 0 Å². The van der Waals surface area contributed by atoms with Crippen molar-refractivity contribution in [2.24, 2.45) is 0 Å². The first-order chi connectivity index (χ1) is 7.86. The molecule has 0 amide bonds. The molecule has 86 valence electrons. The van der Waals surface area contributed by atoms with Crippen LogP contribution in [0.5, 0.6) is 0 Å². The predicted octanol–water partition coefficient (Wildman–Crippen LogP) is 3.74. The zero-order valence-electron chi connectivity index (χ0n) is 9.47. The first kappa shape index (κ1) is 11.6. The molecule has 1 aromatic rings. The average Bonchev–Trinajstić information content (AvgIpc) is 2.38.